The molecule has 2 rings (SSSR count). The van der Waals surface area contributed by atoms with Gasteiger partial charge in [0.05, 0.1) is 10.6 Å². The Bertz CT molecular complexity index is 584. The standard InChI is InChI=1S/C14H18ClN3O/c1-9(2)14(3,19)8-17-12-5-4-10-6-11(15)7-16-13(10)18-12/h4-7,9,19H,8H2,1-3H3,(H,16,17,18). The number of hydrogen-bond acceptors (Lipinski definition) is 4. The van der Waals surface area contributed by atoms with Gasteiger partial charge in [-0.05, 0) is 31.0 Å². The average molecular weight is 280 g/mol. The van der Waals surface area contributed by atoms with E-state index in [4.69, 9.17) is 11.6 Å². The third-order valence-corrected chi connectivity index (χ3v) is 3.59. The second-order valence-corrected chi connectivity index (χ2v) is 5.70. The van der Waals surface area contributed by atoms with Crippen LogP contribution < -0.4 is 5.32 Å². The molecule has 5 heteroatoms. The van der Waals surface area contributed by atoms with Crippen molar-refractivity contribution in [3.05, 3.63) is 29.4 Å². The van der Waals surface area contributed by atoms with Crippen LogP contribution in [0.5, 0.6) is 0 Å². The molecule has 4 nitrogen and oxygen atoms in total. The number of anilines is 1. The van der Waals surface area contributed by atoms with Crippen LogP contribution in [0.1, 0.15) is 20.8 Å². The molecule has 0 spiro atoms. The van der Waals surface area contributed by atoms with Crippen molar-refractivity contribution in [2.24, 2.45) is 5.92 Å². The van der Waals surface area contributed by atoms with Crippen LogP contribution in [0.4, 0.5) is 5.82 Å². The summed E-state index contributed by atoms with van der Waals surface area (Å²) >= 11 is 5.88. The minimum Gasteiger partial charge on any atom is -0.388 e. The van der Waals surface area contributed by atoms with Crippen molar-refractivity contribution in [1.82, 2.24) is 9.97 Å². The van der Waals surface area contributed by atoms with E-state index in [-0.39, 0.29) is 5.92 Å². The van der Waals surface area contributed by atoms with Crippen LogP contribution in [-0.4, -0.2) is 27.2 Å². The summed E-state index contributed by atoms with van der Waals surface area (Å²) in [6, 6.07) is 5.59. The quantitative estimate of drug-likeness (QED) is 0.903. The van der Waals surface area contributed by atoms with Gasteiger partial charge in [-0.15, -0.1) is 0 Å². The highest BCUT2D eigenvalue weighted by Gasteiger charge is 2.24. The Hall–Kier alpha value is -1.39. The molecule has 0 aromatic carbocycles. The molecular weight excluding hydrogens is 262 g/mol. The van der Waals surface area contributed by atoms with Gasteiger partial charge in [-0.25, -0.2) is 9.97 Å². The van der Waals surface area contributed by atoms with E-state index in [2.05, 4.69) is 15.3 Å². The normalized spacial score (nSPS) is 14.6. The Balaban J connectivity index is 2.16. The molecule has 0 amide bonds. The Kier molecular flexibility index (Phi) is 3.92. The first-order chi connectivity index (χ1) is 8.88. The Morgan fingerprint density at radius 1 is 1.42 bits per heavy atom. The van der Waals surface area contributed by atoms with E-state index in [9.17, 15) is 5.11 Å². The Morgan fingerprint density at radius 2 is 2.16 bits per heavy atom. The minimum absolute atomic E-state index is 0.164. The van der Waals surface area contributed by atoms with Crippen molar-refractivity contribution in [2.75, 3.05) is 11.9 Å². The van der Waals surface area contributed by atoms with Crippen LogP contribution in [0.15, 0.2) is 24.4 Å². The fraction of sp³-hybridized carbons (Fsp3) is 0.429. The number of fused-ring (bicyclic) bond motifs is 1. The molecule has 2 N–H and O–H groups in total. The molecule has 0 radical (unpaired) electrons. The SMILES string of the molecule is CC(C)C(C)(O)CNc1ccc2cc(Cl)cnc2n1. The van der Waals surface area contributed by atoms with Crippen LogP contribution in [0, 0.1) is 5.92 Å². The lowest BCUT2D eigenvalue weighted by molar-refractivity contribution is 0.0265. The molecular formula is C14H18ClN3O. The van der Waals surface area contributed by atoms with E-state index in [1.807, 2.05) is 39.0 Å². The first kappa shape index (κ1) is 14.0. The summed E-state index contributed by atoms with van der Waals surface area (Å²) < 4.78 is 0. The summed E-state index contributed by atoms with van der Waals surface area (Å²) in [5, 5.41) is 14.8. The topological polar surface area (TPSA) is 58.0 Å². The van der Waals surface area contributed by atoms with Crippen LogP contribution in [-0.2, 0) is 0 Å². The molecule has 1 unspecified atom stereocenters. The maximum atomic E-state index is 10.2. The highest BCUT2D eigenvalue weighted by Crippen LogP contribution is 2.19. The third kappa shape index (κ3) is 3.33. The number of hydrogen-bond donors (Lipinski definition) is 2. The maximum absolute atomic E-state index is 10.2. The number of nitrogens with one attached hydrogen (secondary N) is 1. The van der Waals surface area contributed by atoms with Crippen molar-refractivity contribution in [3.8, 4) is 0 Å². The van der Waals surface area contributed by atoms with E-state index in [0.29, 0.717) is 23.0 Å². The van der Waals surface area contributed by atoms with Gasteiger partial charge < -0.3 is 10.4 Å². The van der Waals surface area contributed by atoms with Crippen LogP contribution >= 0.6 is 11.6 Å². The maximum Gasteiger partial charge on any atom is 0.161 e. The molecule has 0 aliphatic rings. The predicted molar refractivity (Wildman–Crippen MR) is 78.5 cm³/mol. The summed E-state index contributed by atoms with van der Waals surface area (Å²) in [5.41, 5.74) is -0.136. The summed E-state index contributed by atoms with van der Waals surface area (Å²) in [7, 11) is 0. The van der Waals surface area contributed by atoms with Crippen molar-refractivity contribution >= 4 is 28.5 Å². The molecule has 2 aromatic heterocycles. The molecule has 2 aromatic rings. The highest BCUT2D eigenvalue weighted by atomic mass is 35.5. The Labute approximate surface area is 117 Å². The smallest absolute Gasteiger partial charge is 0.161 e. The third-order valence-electron chi connectivity index (χ3n) is 3.38. The largest absolute Gasteiger partial charge is 0.388 e. The van der Waals surface area contributed by atoms with Crippen molar-refractivity contribution in [1.29, 1.82) is 0 Å². The van der Waals surface area contributed by atoms with Gasteiger partial charge in [-0.1, -0.05) is 25.4 Å². The van der Waals surface area contributed by atoms with Crippen molar-refractivity contribution in [3.63, 3.8) is 0 Å². The van der Waals surface area contributed by atoms with E-state index in [0.717, 1.165) is 5.39 Å². The van der Waals surface area contributed by atoms with Gasteiger partial charge in [0, 0.05) is 18.1 Å². The summed E-state index contributed by atoms with van der Waals surface area (Å²) in [6.07, 6.45) is 1.57. The van der Waals surface area contributed by atoms with Gasteiger partial charge in [-0.3, -0.25) is 0 Å². The number of pyridine rings is 2. The molecule has 2 heterocycles. The molecule has 0 bridgehead atoms. The fourth-order valence-corrected chi connectivity index (χ4v) is 1.72. The first-order valence-corrected chi connectivity index (χ1v) is 6.65. The first-order valence-electron chi connectivity index (χ1n) is 6.27. The van der Waals surface area contributed by atoms with E-state index in [1.165, 1.54) is 0 Å². The zero-order valence-corrected chi connectivity index (χ0v) is 12.1. The molecule has 0 saturated heterocycles. The zero-order valence-electron chi connectivity index (χ0n) is 11.3. The molecule has 0 fully saturated rings. The van der Waals surface area contributed by atoms with Crippen LogP contribution in [0.3, 0.4) is 0 Å². The van der Waals surface area contributed by atoms with E-state index < -0.39 is 5.60 Å². The van der Waals surface area contributed by atoms with Crippen LogP contribution in [0.2, 0.25) is 5.02 Å². The molecule has 0 aliphatic heterocycles. The van der Waals surface area contributed by atoms with Gasteiger partial charge in [0.1, 0.15) is 5.82 Å². The molecule has 1 atom stereocenters. The predicted octanol–water partition coefficient (Wildman–Crippen LogP) is 3.10. The molecule has 0 saturated carbocycles. The molecule has 19 heavy (non-hydrogen) atoms. The zero-order chi connectivity index (χ0) is 14.0. The molecule has 0 aliphatic carbocycles. The number of aliphatic hydroxyl groups is 1. The van der Waals surface area contributed by atoms with Crippen molar-refractivity contribution in [2.45, 2.75) is 26.4 Å². The summed E-state index contributed by atoms with van der Waals surface area (Å²) in [6.45, 7) is 6.22. The van der Waals surface area contributed by atoms with Crippen LogP contribution in [0.25, 0.3) is 11.0 Å². The summed E-state index contributed by atoms with van der Waals surface area (Å²) in [5.74, 6) is 0.862. The number of aromatic nitrogens is 2. The minimum atomic E-state index is -0.774. The summed E-state index contributed by atoms with van der Waals surface area (Å²) in [4.78, 5) is 8.56. The second kappa shape index (κ2) is 5.31. The van der Waals surface area contributed by atoms with Gasteiger partial charge in [0.15, 0.2) is 5.65 Å². The van der Waals surface area contributed by atoms with Gasteiger partial charge in [0.25, 0.3) is 0 Å². The Morgan fingerprint density at radius 3 is 2.84 bits per heavy atom. The van der Waals surface area contributed by atoms with Gasteiger partial charge >= 0.3 is 0 Å². The fourth-order valence-electron chi connectivity index (χ4n) is 1.56. The number of rotatable bonds is 4. The monoisotopic (exact) mass is 279 g/mol. The second-order valence-electron chi connectivity index (χ2n) is 5.26. The average Bonchev–Trinajstić information content (AvgIpc) is 2.36. The lowest BCUT2D eigenvalue weighted by Gasteiger charge is -2.28. The van der Waals surface area contributed by atoms with E-state index >= 15 is 0 Å². The van der Waals surface area contributed by atoms with Gasteiger partial charge in [-0.2, -0.15) is 0 Å². The highest BCUT2D eigenvalue weighted by molar-refractivity contribution is 6.31. The number of nitrogens with zero attached hydrogens (tertiary/aromatic N) is 2. The number of halogens is 1. The van der Waals surface area contributed by atoms with Gasteiger partial charge in [0.2, 0.25) is 0 Å². The van der Waals surface area contributed by atoms with Crippen molar-refractivity contribution < 1.29 is 5.11 Å². The lowest BCUT2D eigenvalue weighted by atomic mass is 9.93. The lowest BCUT2D eigenvalue weighted by Crippen LogP contribution is -2.38. The molecule has 102 valence electrons. The van der Waals surface area contributed by atoms with E-state index in [1.54, 1.807) is 6.20 Å².